The molecular weight excluding hydrogens is 469 g/mol. The van der Waals surface area contributed by atoms with Crippen molar-refractivity contribution in [3.05, 3.63) is 20.8 Å². The Balaban J connectivity index is 0.00000361. The van der Waals surface area contributed by atoms with E-state index in [2.05, 4.69) is 70.0 Å². The van der Waals surface area contributed by atoms with Crippen molar-refractivity contribution in [3.63, 3.8) is 0 Å². The Morgan fingerprint density at radius 1 is 1.45 bits per heavy atom. The highest BCUT2D eigenvalue weighted by Crippen LogP contribution is 2.21. The molecule has 3 nitrogen and oxygen atoms in total. The minimum Gasteiger partial charge on any atom is -0.357 e. The van der Waals surface area contributed by atoms with Crippen LogP contribution in [-0.2, 0) is 6.54 Å². The van der Waals surface area contributed by atoms with Gasteiger partial charge in [-0.15, -0.1) is 35.3 Å². The highest BCUT2D eigenvalue weighted by molar-refractivity contribution is 14.0. The van der Waals surface area contributed by atoms with Crippen LogP contribution in [0.1, 0.15) is 25.6 Å². The third-order valence-electron chi connectivity index (χ3n) is 2.59. The molecule has 2 N–H and O–H groups in total. The monoisotopic (exact) mass is 491 g/mol. The molecule has 0 bridgehead atoms. The molecule has 0 aliphatic heterocycles. The van der Waals surface area contributed by atoms with Crippen LogP contribution in [0.4, 0.5) is 0 Å². The van der Waals surface area contributed by atoms with Crippen molar-refractivity contribution in [3.8, 4) is 0 Å². The maximum Gasteiger partial charge on any atom is 0.191 e. The summed E-state index contributed by atoms with van der Waals surface area (Å²) in [5.41, 5.74) is 0. The van der Waals surface area contributed by atoms with E-state index in [0.717, 1.165) is 23.5 Å². The third-order valence-corrected chi connectivity index (χ3v) is 5.53. The summed E-state index contributed by atoms with van der Waals surface area (Å²) in [6, 6.07) is 2.11. The van der Waals surface area contributed by atoms with Crippen LogP contribution in [0, 0.1) is 0 Å². The molecule has 0 aliphatic carbocycles. The lowest BCUT2D eigenvalue weighted by atomic mass is 10.2. The fourth-order valence-corrected chi connectivity index (χ4v) is 2.90. The lowest BCUT2D eigenvalue weighted by molar-refractivity contribution is 0.665. The van der Waals surface area contributed by atoms with Gasteiger partial charge in [-0.05, 0) is 49.0 Å². The van der Waals surface area contributed by atoms with Crippen LogP contribution in [0.3, 0.4) is 0 Å². The van der Waals surface area contributed by atoms with Gasteiger partial charge in [-0.3, -0.25) is 0 Å². The second-order valence-corrected chi connectivity index (χ2v) is 8.17. The van der Waals surface area contributed by atoms with Crippen LogP contribution in [0.15, 0.2) is 20.9 Å². The van der Waals surface area contributed by atoms with Crippen LogP contribution in [0.2, 0.25) is 0 Å². The van der Waals surface area contributed by atoms with Gasteiger partial charge in [-0.25, -0.2) is 4.99 Å². The molecule has 0 aromatic carbocycles. The smallest absolute Gasteiger partial charge is 0.191 e. The average Bonchev–Trinajstić information content (AvgIpc) is 2.79. The van der Waals surface area contributed by atoms with Crippen molar-refractivity contribution in [2.24, 2.45) is 4.99 Å². The largest absolute Gasteiger partial charge is 0.357 e. The van der Waals surface area contributed by atoms with Gasteiger partial charge in [0.05, 0.1) is 6.54 Å². The fraction of sp³-hybridized carbons (Fsp3) is 0.615. The summed E-state index contributed by atoms with van der Waals surface area (Å²) in [6.45, 7) is 9.02. The molecule has 0 radical (unpaired) electrons. The van der Waals surface area contributed by atoms with E-state index in [1.54, 1.807) is 11.3 Å². The number of thioether (sulfide) groups is 1. The third kappa shape index (κ3) is 8.09. The molecule has 1 heterocycles. The second kappa shape index (κ2) is 10.3. The first kappa shape index (κ1) is 20.5. The summed E-state index contributed by atoms with van der Waals surface area (Å²) in [6.07, 6.45) is 2.13. The molecule has 0 saturated carbocycles. The minimum atomic E-state index is 0. The van der Waals surface area contributed by atoms with Crippen molar-refractivity contribution in [2.75, 3.05) is 19.3 Å². The average molecular weight is 492 g/mol. The van der Waals surface area contributed by atoms with E-state index in [1.165, 1.54) is 4.88 Å². The summed E-state index contributed by atoms with van der Waals surface area (Å²) in [5, 5.41) is 8.76. The second-order valence-electron chi connectivity index (χ2n) is 4.74. The van der Waals surface area contributed by atoms with Crippen LogP contribution in [0.5, 0.6) is 0 Å². The summed E-state index contributed by atoms with van der Waals surface area (Å²) in [5.74, 6) is 0.883. The first-order valence-electron chi connectivity index (χ1n) is 6.27. The van der Waals surface area contributed by atoms with E-state index in [4.69, 9.17) is 0 Å². The van der Waals surface area contributed by atoms with E-state index < -0.39 is 0 Å². The van der Waals surface area contributed by atoms with Gasteiger partial charge in [0.1, 0.15) is 0 Å². The van der Waals surface area contributed by atoms with Crippen LogP contribution in [0.25, 0.3) is 0 Å². The number of thiophene rings is 1. The number of nitrogens with zero attached hydrogens (tertiary/aromatic N) is 1. The van der Waals surface area contributed by atoms with Crippen molar-refractivity contribution in [2.45, 2.75) is 32.1 Å². The zero-order chi connectivity index (χ0) is 14.3. The number of rotatable bonds is 6. The Labute approximate surface area is 155 Å². The molecule has 0 spiro atoms. The molecule has 0 unspecified atom stereocenters. The van der Waals surface area contributed by atoms with Gasteiger partial charge in [-0.1, -0.05) is 0 Å². The Bertz CT molecular complexity index is 422. The van der Waals surface area contributed by atoms with E-state index >= 15 is 0 Å². The summed E-state index contributed by atoms with van der Waals surface area (Å²) in [4.78, 5) is 5.87. The number of hydrogen-bond donors (Lipinski definition) is 2. The van der Waals surface area contributed by atoms with Gasteiger partial charge in [0, 0.05) is 32.6 Å². The quantitative estimate of drug-likeness (QED) is 0.353. The van der Waals surface area contributed by atoms with Gasteiger partial charge >= 0.3 is 0 Å². The predicted octanol–water partition coefficient (Wildman–Crippen LogP) is 4.33. The SMILES string of the molecule is CCNC(=NCc1cc(Br)cs1)NCC(C)(C)SC.I. The van der Waals surface area contributed by atoms with E-state index in [-0.39, 0.29) is 28.7 Å². The van der Waals surface area contributed by atoms with E-state index in [0.29, 0.717) is 6.54 Å². The van der Waals surface area contributed by atoms with Crippen LogP contribution >= 0.6 is 63.0 Å². The molecule has 0 saturated heterocycles. The molecule has 20 heavy (non-hydrogen) atoms. The first-order chi connectivity index (χ1) is 8.96. The summed E-state index contributed by atoms with van der Waals surface area (Å²) >= 11 is 7.04. The molecule has 0 fully saturated rings. The maximum atomic E-state index is 4.61. The Morgan fingerprint density at radius 2 is 2.15 bits per heavy atom. The number of nitrogens with one attached hydrogen (secondary N) is 2. The zero-order valence-electron chi connectivity index (χ0n) is 12.3. The number of aliphatic imine (C=N–C) groups is 1. The van der Waals surface area contributed by atoms with Crippen molar-refractivity contribution < 1.29 is 0 Å². The van der Waals surface area contributed by atoms with E-state index in [9.17, 15) is 0 Å². The lowest BCUT2D eigenvalue weighted by Gasteiger charge is -2.23. The fourth-order valence-electron chi connectivity index (χ4n) is 1.30. The highest BCUT2D eigenvalue weighted by atomic mass is 127. The molecule has 116 valence electrons. The Morgan fingerprint density at radius 3 is 2.65 bits per heavy atom. The van der Waals surface area contributed by atoms with Crippen LogP contribution < -0.4 is 10.6 Å². The predicted molar refractivity (Wildman–Crippen MR) is 108 cm³/mol. The summed E-state index contributed by atoms with van der Waals surface area (Å²) in [7, 11) is 0. The van der Waals surface area contributed by atoms with Crippen LogP contribution in [-0.4, -0.2) is 30.1 Å². The first-order valence-corrected chi connectivity index (χ1v) is 9.17. The van der Waals surface area contributed by atoms with E-state index in [1.807, 2.05) is 11.8 Å². The number of hydrogen-bond acceptors (Lipinski definition) is 3. The Hall–Kier alpha value is 0.530. The molecule has 1 rings (SSSR count). The maximum absolute atomic E-state index is 4.61. The lowest BCUT2D eigenvalue weighted by Crippen LogP contribution is -2.43. The van der Waals surface area contributed by atoms with Crippen molar-refractivity contribution in [1.82, 2.24) is 10.6 Å². The van der Waals surface area contributed by atoms with Gasteiger partial charge in [-0.2, -0.15) is 11.8 Å². The van der Waals surface area contributed by atoms with Crippen molar-refractivity contribution >= 4 is 69.0 Å². The van der Waals surface area contributed by atoms with Gasteiger partial charge < -0.3 is 10.6 Å². The zero-order valence-corrected chi connectivity index (χ0v) is 17.9. The summed E-state index contributed by atoms with van der Waals surface area (Å²) < 4.78 is 1.34. The highest BCUT2D eigenvalue weighted by Gasteiger charge is 2.16. The molecule has 0 amide bonds. The molecule has 0 aliphatic rings. The van der Waals surface area contributed by atoms with Crippen molar-refractivity contribution in [1.29, 1.82) is 0 Å². The topological polar surface area (TPSA) is 36.4 Å². The minimum absolute atomic E-state index is 0. The molecule has 1 aromatic rings. The van der Waals surface area contributed by atoms with Gasteiger partial charge in [0.2, 0.25) is 0 Å². The standard InChI is InChI=1S/C13H22BrN3S2.HI/c1-5-15-12(17-9-13(2,3)18-4)16-7-11-6-10(14)8-19-11;/h6,8H,5,7,9H2,1-4H3,(H2,15,16,17);1H. The molecule has 7 heteroatoms. The molecule has 1 aromatic heterocycles. The van der Waals surface area contributed by atoms with Gasteiger partial charge in [0.25, 0.3) is 0 Å². The number of halogens is 2. The molecular formula is C13H23BrIN3S2. The normalized spacial score (nSPS) is 11.9. The number of guanidine groups is 1. The molecule has 0 atom stereocenters. The Kier molecular flexibility index (Phi) is 10.6. The van der Waals surface area contributed by atoms with Gasteiger partial charge in [0.15, 0.2) is 5.96 Å².